The van der Waals surface area contributed by atoms with E-state index in [4.69, 9.17) is 22.3 Å². The zero-order chi connectivity index (χ0) is 16.7. The molecule has 0 aliphatic carbocycles. The van der Waals surface area contributed by atoms with Gasteiger partial charge < -0.3 is 27.0 Å². The fourth-order valence-electron chi connectivity index (χ4n) is 2.75. The Bertz CT molecular complexity index is 544. The number of para-hydroxylation sites is 1. The molecule has 1 aliphatic heterocycles. The molecule has 1 heterocycles. The molecule has 8 nitrogen and oxygen atoms in total. The maximum atomic E-state index is 7.25. The molecule has 0 atom stereocenters. The first-order chi connectivity index (χ1) is 11.1. The SMILES string of the molecule is N=C(N)NCCN1CCN(CCNC(=N)N)c2ccccc2C1. The zero-order valence-corrected chi connectivity index (χ0v) is 13.3. The van der Waals surface area contributed by atoms with Crippen molar-refractivity contribution in [1.82, 2.24) is 15.5 Å². The van der Waals surface area contributed by atoms with E-state index in [-0.39, 0.29) is 11.9 Å². The van der Waals surface area contributed by atoms with E-state index < -0.39 is 0 Å². The predicted molar refractivity (Wildman–Crippen MR) is 93.8 cm³/mol. The molecule has 8 heteroatoms. The molecular formula is C15H26N8. The summed E-state index contributed by atoms with van der Waals surface area (Å²) in [5.74, 6) is 0.0159. The highest BCUT2D eigenvalue weighted by Crippen LogP contribution is 2.24. The summed E-state index contributed by atoms with van der Waals surface area (Å²) in [5, 5.41) is 20.2. The molecule has 0 saturated carbocycles. The Labute approximate surface area is 136 Å². The molecule has 2 rings (SSSR count). The number of anilines is 1. The minimum Gasteiger partial charge on any atom is -0.370 e. The summed E-state index contributed by atoms with van der Waals surface area (Å²) in [7, 11) is 0. The van der Waals surface area contributed by atoms with Crippen molar-refractivity contribution >= 4 is 17.6 Å². The highest BCUT2D eigenvalue weighted by Gasteiger charge is 2.18. The lowest BCUT2D eigenvalue weighted by Crippen LogP contribution is -2.41. The minimum absolute atomic E-state index is 0.00467. The van der Waals surface area contributed by atoms with Crippen molar-refractivity contribution in [1.29, 1.82) is 10.8 Å². The van der Waals surface area contributed by atoms with Crippen LogP contribution in [0.25, 0.3) is 0 Å². The molecule has 23 heavy (non-hydrogen) atoms. The van der Waals surface area contributed by atoms with Crippen LogP contribution in [0.1, 0.15) is 5.56 Å². The first-order valence-electron chi connectivity index (χ1n) is 7.77. The lowest BCUT2D eigenvalue weighted by Gasteiger charge is -2.25. The van der Waals surface area contributed by atoms with Gasteiger partial charge in [-0.2, -0.15) is 0 Å². The molecule has 0 spiro atoms. The Morgan fingerprint density at radius 2 is 1.65 bits per heavy atom. The van der Waals surface area contributed by atoms with Gasteiger partial charge in [-0.1, -0.05) is 18.2 Å². The molecule has 0 saturated heterocycles. The second-order valence-electron chi connectivity index (χ2n) is 5.57. The van der Waals surface area contributed by atoms with Crippen molar-refractivity contribution in [2.75, 3.05) is 44.2 Å². The van der Waals surface area contributed by atoms with Crippen LogP contribution in [-0.4, -0.2) is 56.1 Å². The quantitative estimate of drug-likeness (QED) is 0.303. The van der Waals surface area contributed by atoms with E-state index in [0.29, 0.717) is 13.1 Å². The van der Waals surface area contributed by atoms with Gasteiger partial charge in [-0.25, -0.2) is 0 Å². The monoisotopic (exact) mass is 318 g/mol. The van der Waals surface area contributed by atoms with Crippen molar-refractivity contribution in [3.05, 3.63) is 29.8 Å². The van der Waals surface area contributed by atoms with E-state index in [1.807, 2.05) is 0 Å². The average molecular weight is 318 g/mol. The zero-order valence-electron chi connectivity index (χ0n) is 13.3. The van der Waals surface area contributed by atoms with Crippen LogP contribution in [0.3, 0.4) is 0 Å². The maximum absolute atomic E-state index is 7.25. The van der Waals surface area contributed by atoms with Gasteiger partial charge in [-0.15, -0.1) is 0 Å². The van der Waals surface area contributed by atoms with Crippen LogP contribution in [0.4, 0.5) is 5.69 Å². The standard InChI is InChI=1S/C15H26N8/c16-14(17)20-5-7-22-9-10-23(8-6-21-15(18)19)13-4-2-1-3-12(13)11-22/h1-4H,5-11H2,(H4,16,17,20)(H4,18,19,21). The van der Waals surface area contributed by atoms with Crippen LogP contribution >= 0.6 is 0 Å². The number of hydrogen-bond donors (Lipinski definition) is 6. The third-order valence-corrected chi connectivity index (χ3v) is 3.85. The van der Waals surface area contributed by atoms with Crippen LogP contribution in [0, 0.1) is 10.8 Å². The second-order valence-corrected chi connectivity index (χ2v) is 5.57. The summed E-state index contributed by atoms with van der Waals surface area (Å²) >= 11 is 0. The molecule has 0 unspecified atom stereocenters. The van der Waals surface area contributed by atoms with Gasteiger partial charge in [0.05, 0.1) is 0 Å². The Morgan fingerprint density at radius 1 is 1.00 bits per heavy atom. The van der Waals surface area contributed by atoms with Crippen molar-refractivity contribution in [3.63, 3.8) is 0 Å². The fraction of sp³-hybridized carbons (Fsp3) is 0.467. The molecule has 0 fully saturated rings. The largest absolute Gasteiger partial charge is 0.370 e. The van der Waals surface area contributed by atoms with Crippen LogP contribution < -0.4 is 27.0 Å². The molecular weight excluding hydrogens is 292 g/mol. The highest BCUT2D eigenvalue weighted by molar-refractivity contribution is 5.74. The number of nitrogens with one attached hydrogen (secondary N) is 4. The van der Waals surface area contributed by atoms with Gasteiger partial charge in [0.15, 0.2) is 11.9 Å². The molecule has 1 aliphatic rings. The summed E-state index contributed by atoms with van der Waals surface area (Å²) < 4.78 is 0. The first-order valence-corrected chi connectivity index (χ1v) is 7.77. The predicted octanol–water partition coefficient (Wildman–Crippen LogP) is -0.725. The third-order valence-electron chi connectivity index (χ3n) is 3.85. The van der Waals surface area contributed by atoms with E-state index >= 15 is 0 Å². The van der Waals surface area contributed by atoms with Crippen molar-refractivity contribution in [2.24, 2.45) is 11.5 Å². The fourth-order valence-corrected chi connectivity index (χ4v) is 2.75. The lowest BCUT2D eigenvalue weighted by molar-refractivity contribution is 0.281. The summed E-state index contributed by atoms with van der Waals surface area (Å²) in [5.41, 5.74) is 13.2. The topological polar surface area (TPSA) is 130 Å². The van der Waals surface area contributed by atoms with Crippen LogP contribution in [0.5, 0.6) is 0 Å². The smallest absolute Gasteiger partial charge is 0.185 e. The maximum Gasteiger partial charge on any atom is 0.185 e. The molecule has 0 amide bonds. The van der Waals surface area contributed by atoms with Crippen molar-refractivity contribution in [2.45, 2.75) is 6.54 Å². The van der Waals surface area contributed by atoms with E-state index in [1.165, 1.54) is 11.3 Å². The molecule has 126 valence electrons. The normalized spacial score (nSPS) is 14.7. The Morgan fingerprint density at radius 3 is 2.35 bits per heavy atom. The number of fused-ring (bicyclic) bond motifs is 1. The molecule has 1 aromatic carbocycles. The molecule has 0 aromatic heterocycles. The van der Waals surface area contributed by atoms with Crippen LogP contribution in [-0.2, 0) is 6.54 Å². The molecule has 8 N–H and O–H groups in total. The van der Waals surface area contributed by atoms with E-state index in [1.54, 1.807) is 0 Å². The van der Waals surface area contributed by atoms with Crippen molar-refractivity contribution in [3.8, 4) is 0 Å². The molecule has 1 aromatic rings. The summed E-state index contributed by atoms with van der Waals surface area (Å²) in [4.78, 5) is 4.68. The van der Waals surface area contributed by atoms with Crippen LogP contribution in [0.2, 0.25) is 0 Å². The number of guanidine groups is 2. The van der Waals surface area contributed by atoms with Gasteiger partial charge in [0.25, 0.3) is 0 Å². The Hall–Kier alpha value is -2.48. The van der Waals surface area contributed by atoms with Gasteiger partial charge in [-0.3, -0.25) is 15.7 Å². The van der Waals surface area contributed by atoms with Gasteiger partial charge in [0, 0.05) is 51.5 Å². The Kier molecular flexibility index (Phi) is 6.04. The second kappa shape index (κ2) is 8.23. The lowest BCUT2D eigenvalue weighted by atomic mass is 10.1. The molecule has 0 bridgehead atoms. The third kappa shape index (κ3) is 5.33. The van der Waals surface area contributed by atoms with Gasteiger partial charge >= 0.3 is 0 Å². The number of hydrogen-bond acceptors (Lipinski definition) is 4. The van der Waals surface area contributed by atoms with E-state index in [2.05, 4.69) is 44.7 Å². The Balaban J connectivity index is 1.99. The summed E-state index contributed by atoms with van der Waals surface area (Å²) in [6.07, 6.45) is 0. The van der Waals surface area contributed by atoms with E-state index in [9.17, 15) is 0 Å². The van der Waals surface area contributed by atoms with E-state index in [0.717, 1.165) is 32.7 Å². The summed E-state index contributed by atoms with van der Waals surface area (Å²) in [6, 6.07) is 8.40. The number of rotatable bonds is 6. The van der Waals surface area contributed by atoms with Crippen molar-refractivity contribution < 1.29 is 0 Å². The summed E-state index contributed by atoms with van der Waals surface area (Å²) in [6.45, 7) is 5.69. The van der Waals surface area contributed by atoms with Gasteiger partial charge in [-0.05, 0) is 11.6 Å². The van der Waals surface area contributed by atoms with Crippen LogP contribution in [0.15, 0.2) is 24.3 Å². The van der Waals surface area contributed by atoms with Gasteiger partial charge in [0.2, 0.25) is 0 Å². The number of nitrogens with two attached hydrogens (primary N) is 2. The first kappa shape index (κ1) is 16.9. The van der Waals surface area contributed by atoms with Gasteiger partial charge in [0.1, 0.15) is 0 Å². The number of benzene rings is 1. The minimum atomic E-state index is 0.00467. The number of nitrogens with zero attached hydrogens (tertiary/aromatic N) is 2. The highest BCUT2D eigenvalue weighted by atomic mass is 15.2. The molecule has 0 radical (unpaired) electrons. The average Bonchev–Trinajstić information content (AvgIpc) is 2.66.